The number of nitro groups is 1. The van der Waals surface area contributed by atoms with Crippen LogP contribution in [0, 0.1) is 10.1 Å². The molecule has 9 heteroatoms. The molecule has 0 heterocycles. The van der Waals surface area contributed by atoms with Crippen LogP contribution in [0.3, 0.4) is 0 Å². The number of rotatable bonds is 19. The Morgan fingerprint density at radius 1 is 0.829 bits per heavy atom. The Kier molecular flexibility index (Phi) is 12.9. The zero-order valence-corrected chi connectivity index (χ0v) is 23.5. The van der Waals surface area contributed by atoms with Gasteiger partial charge in [0.25, 0.3) is 0 Å². The number of nitro benzene ring substituents is 1. The van der Waals surface area contributed by atoms with E-state index in [1.165, 1.54) is 31.4 Å². The molecule has 0 radical (unpaired) electrons. The zero-order valence-electron chi connectivity index (χ0n) is 23.5. The minimum absolute atomic E-state index is 0.119. The molecule has 41 heavy (non-hydrogen) atoms. The molecule has 2 N–H and O–H groups in total. The standard InChI is InChI=1S/C32H39NO8/c1-24(41-31-19-16-28(34)22-30(31)33(37)38)23-39-20-8-6-4-2-3-5-7-9-21-40-29-17-14-26(15-18-29)25-10-12-27(13-11-25)32(35)36/h10-19,22,24,34H,2-9,20-21,23H2,1H3,(H,35,36)/t24-/m1/s1. The molecule has 3 aromatic carbocycles. The molecular weight excluding hydrogens is 526 g/mol. The van der Waals surface area contributed by atoms with Crippen molar-refractivity contribution in [2.45, 2.75) is 64.4 Å². The Bertz CT molecular complexity index is 1230. The first-order valence-electron chi connectivity index (χ1n) is 14.1. The summed E-state index contributed by atoms with van der Waals surface area (Å²) in [5.41, 5.74) is 2.00. The molecule has 0 saturated heterocycles. The molecule has 0 aliphatic carbocycles. The monoisotopic (exact) mass is 565 g/mol. The lowest BCUT2D eigenvalue weighted by Crippen LogP contribution is -2.20. The predicted molar refractivity (Wildman–Crippen MR) is 157 cm³/mol. The number of hydrogen-bond acceptors (Lipinski definition) is 7. The minimum Gasteiger partial charge on any atom is -0.508 e. The number of aromatic carboxylic acids is 1. The van der Waals surface area contributed by atoms with Crippen molar-refractivity contribution in [1.29, 1.82) is 0 Å². The molecule has 0 aliphatic heterocycles. The molecule has 3 aromatic rings. The molecule has 0 amide bonds. The lowest BCUT2D eigenvalue weighted by molar-refractivity contribution is -0.386. The molecule has 0 bridgehead atoms. The van der Waals surface area contributed by atoms with Crippen LogP contribution in [0.2, 0.25) is 0 Å². The van der Waals surface area contributed by atoms with Gasteiger partial charge < -0.3 is 24.4 Å². The molecule has 3 rings (SSSR count). The SMILES string of the molecule is C[C@H](COCCCCCCCCCCOc1ccc(-c2ccc(C(=O)O)cc2)cc1)Oc1ccc(O)cc1[N+](=O)[O-]. The Labute approximate surface area is 240 Å². The summed E-state index contributed by atoms with van der Waals surface area (Å²) in [6, 6.07) is 18.5. The number of phenolic OH excluding ortho intramolecular Hbond substituents is 1. The van der Waals surface area contributed by atoms with Crippen molar-refractivity contribution >= 4 is 11.7 Å². The molecule has 0 spiro atoms. The number of aromatic hydroxyl groups is 1. The maximum absolute atomic E-state index is 11.1. The molecule has 0 aliphatic rings. The van der Waals surface area contributed by atoms with Gasteiger partial charge in [0.05, 0.1) is 29.8 Å². The van der Waals surface area contributed by atoms with Gasteiger partial charge in [0.2, 0.25) is 0 Å². The third kappa shape index (κ3) is 11.1. The lowest BCUT2D eigenvalue weighted by atomic mass is 10.0. The first-order chi connectivity index (χ1) is 19.8. The number of benzene rings is 3. The fourth-order valence-corrected chi connectivity index (χ4v) is 4.35. The Balaban J connectivity index is 1.15. The summed E-state index contributed by atoms with van der Waals surface area (Å²) in [6.07, 6.45) is 8.61. The van der Waals surface area contributed by atoms with Gasteiger partial charge in [-0.1, -0.05) is 62.8 Å². The van der Waals surface area contributed by atoms with Gasteiger partial charge in [-0.15, -0.1) is 0 Å². The summed E-state index contributed by atoms with van der Waals surface area (Å²) >= 11 is 0. The maximum Gasteiger partial charge on any atom is 0.335 e. The van der Waals surface area contributed by atoms with E-state index in [1.54, 1.807) is 19.1 Å². The highest BCUT2D eigenvalue weighted by Gasteiger charge is 2.18. The minimum atomic E-state index is -0.928. The van der Waals surface area contributed by atoms with Crippen LogP contribution in [0.25, 0.3) is 11.1 Å². The lowest BCUT2D eigenvalue weighted by Gasteiger charge is -2.15. The quantitative estimate of drug-likeness (QED) is 0.0861. The van der Waals surface area contributed by atoms with Crippen LogP contribution >= 0.6 is 0 Å². The zero-order chi connectivity index (χ0) is 29.5. The van der Waals surface area contributed by atoms with E-state index >= 15 is 0 Å². The van der Waals surface area contributed by atoms with Gasteiger partial charge in [0, 0.05) is 6.61 Å². The fourth-order valence-electron chi connectivity index (χ4n) is 4.35. The Hall–Kier alpha value is -4.11. The van der Waals surface area contributed by atoms with Crippen molar-refractivity contribution in [3.8, 4) is 28.4 Å². The topological polar surface area (TPSA) is 128 Å². The number of carboxylic acid groups (broad SMARTS) is 1. The van der Waals surface area contributed by atoms with Crippen molar-refractivity contribution in [2.75, 3.05) is 19.8 Å². The second-order valence-electron chi connectivity index (χ2n) is 10.00. The van der Waals surface area contributed by atoms with Crippen LogP contribution in [0.15, 0.2) is 66.7 Å². The number of nitrogens with zero attached hydrogens (tertiary/aromatic N) is 1. The second kappa shape index (κ2) is 16.9. The van der Waals surface area contributed by atoms with Crippen LogP contribution in [0.4, 0.5) is 5.69 Å². The molecule has 0 aromatic heterocycles. The van der Waals surface area contributed by atoms with Gasteiger partial charge in [-0.25, -0.2) is 4.79 Å². The van der Waals surface area contributed by atoms with Gasteiger partial charge in [0.1, 0.15) is 17.6 Å². The van der Waals surface area contributed by atoms with E-state index in [0.29, 0.717) is 19.8 Å². The normalized spacial score (nSPS) is 11.6. The second-order valence-corrected chi connectivity index (χ2v) is 10.00. The van der Waals surface area contributed by atoms with E-state index in [2.05, 4.69) is 0 Å². The highest BCUT2D eigenvalue weighted by molar-refractivity contribution is 5.88. The fraction of sp³-hybridized carbons (Fsp3) is 0.406. The van der Waals surface area contributed by atoms with Crippen molar-refractivity contribution in [2.24, 2.45) is 0 Å². The first kappa shape index (κ1) is 31.4. The molecule has 0 saturated carbocycles. The Morgan fingerprint density at radius 3 is 1.98 bits per heavy atom. The van der Waals surface area contributed by atoms with E-state index in [-0.39, 0.29) is 28.9 Å². The van der Waals surface area contributed by atoms with Crippen LogP contribution in [0.5, 0.6) is 17.2 Å². The molecule has 0 unspecified atom stereocenters. The van der Waals surface area contributed by atoms with Crippen molar-refractivity contribution < 1.29 is 34.1 Å². The highest BCUT2D eigenvalue weighted by atomic mass is 16.6. The summed E-state index contributed by atoms with van der Waals surface area (Å²) in [6.45, 7) is 3.45. The van der Waals surface area contributed by atoms with E-state index in [1.807, 2.05) is 36.4 Å². The summed E-state index contributed by atoms with van der Waals surface area (Å²) in [5.74, 6) is -0.150. The average molecular weight is 566 g/mol. The van der Waals surface area contributed by atoms with Crippen LogP contribution in [-0.2, 0) is 4.74 Å². The molecule has 220 valence electrons. The molecule has 0 fully saturated rings. The van der Waals surface area contributed by atoms with Gasteiger partial charge in [-0.3, -0.25) is 10.1 Å². The van der Waals surface area contributed by atoms with Crippen molar-refractivity contribution in [3.63, 3.8) is 0 Å². The van der Waals surface area contributed by atoms with Gasteiger partial charge in [0.15, 0.2) is 5.75 Å². The van der Waals surface area contributed by atoms with Crippen LogP contribution in [0.1, 0.15) is 68.6 Å². The number of phenols is 1. The molecule has 9 nitrogen and oxygen atoms in total. The number of carboxylic acids is 1. The molecular formula is C32H39NO8. The summed E-state index contributed by atoms with van der Waals surface area (Å²) in [7, 11) is 0. The summed E-state index contributed by atoms with van der Waals surface area (Å²) in [5, 5.41) is 29.6. The third-order valence-corrected chi connectivity index (χ3v) is 6.59. The smallest absolute Gasteiger partial charge is 0.335 e. The average Bonchev–Trinajstić information content (AvgIpc) is 2.96. The predicted octanol–water partition coefficient (Wildman–Crippen LogP) is 7.65. The molecule has 1 atom stereocenters. The largest absolute Gasteiger partial charge is 0.508 e. The Morgan fingerprint density at radius 2 is 1.39 bits per heavy atom. The van der Waals surface area contributed by atoms with Crippen molar-refractivity contribution in [3.05, 3.63) is 82.4 Å². The van der Waals surface area contributed by atoms with E-state index in [0.717, 1.165) is 55.0 Å². The third-order valence-electron chi connectivity index (χ3n) is 6.59. The van der Waals surface area contributed by atoms with Gasteiger partial charge >= 0.3 is 11.7 Å². The number of carbonyl (C=O) groups is 1. The van der Waals surface area contributed by atoms with E-state index in [9.17, 15) is 20.0 Å². The van der Waals surface area contributed by atoms with Gasteiger partial charge in [-0.05, 0) is 67.3 Å². The number of unbranched alkanes of at least 4 members (excludes halogenated alkanes) is 7. The summed E-state index contributed by atoms with van der Waals surface area (Å²) in [4.78, 5) is 21.5. The van der Waals surface area contributed by atoms with Crippen LogP contribution < -0.4 is 9.47 Å². The summed E-state index contributed by atoms with van der Waals surface area (Å²) < 4.78 is 17.1. The first-order valence-corrected chi connectivity index (χ1v) is 14.1. The van der Waals surface area contributed by atoms with E-state index < -0.39 is 10.9 Å². The van der Waals surface area contributed by atoms with Crippen LogP contribution in [-0.4, -0.2) is 47.0 Å². The van der Waals surface area contributed by atoms with Gasteiger partial charge in [-0.2, -0.15) is 0 Å². The van der Waals surface area contributed by atoms with E-state index in [4.69, 9.17) is 19.3 Å². The van der Waals surface area contributed by atoms with Crippen molar-refractivity contribution in [1.82, 2.24) is 0 Å². The number of hydrogen-bond donors (Lipinski definition) is 2. The number of ether oxygens (including phenoxy) is 3. The maximum atomic E-state index is 11.1. The highest BCUT2D eigenvalue weighted by Crippen LogP contribution is 2.31.